The van der Waals surface area contributed by atoms with Gasteiger partial charge in [0.25, 0.3) is 5.17 Å². The van der Waals surface area contributed by atoms with Gasteiger partial charge in [-0.1, -0.05) is 85.0 Å². The van der Waals surface area contributed by atoms with Crippen molar-refractivity contribution in [3.05, 3.63) is 96.1 Å². The quantitative estimate of drug-likeness (QED) is 0.0498. The summed E-state index contributed by atoms with van der Waals surface area (Å²) >= 11 is 5.21. The molecule has 0 aliphatic heterocycles. The minimum atomic E-state index is -0.814. The van der Waals surface area contributed by atoms with E-state index in [4.69, 9.17) is 31.9 Å². The summed E-state index contributed by atoms with van der Waals surface area (Å²) in [6.07, 6.45) is 9.07. The SMILES string of the molecule is O=C(O)CCC/C=C\C[C@@H]1[C@@H](COC(=O)NCc2ccccc2)[C@H](O)C[C@@H]1O.O=C(O)CCC/C=C\C[C@@H]1[C@@H](COC(=S)NCc2ccccc2)[C@H](O)C[C@@H]1O. The highest BCUT2D eigenvalue weighted by molar-refractivity contribution is 7.80. The summed E-state index contributed by atoms with van der Waals surface area (Å²) in [4.78, 5) is 32.9. The number of thiocarbonyl (C=S) groups is 1. The zero-order chi connectivity index (χ0) is 40.7. The Morgan fingerprint density at radius 3 is 1.46 bits per heavy atom. The first-order valence-corrected chi connectivity index (χ1v) is 19.7. The van der Waals surface area contributed by atoms with Crippen LogP contribution in [0.5, 0.6) is 0 Å². The van der Waals surface area contributed by atoms with Crippen LogP contribution in [0.2, 0.25) is 0 Å². The van der Waals surface area contributed by atoms with Gasteiger partial charge in [-0.2, -0.15) is 0 Å². The Hall–Kier alpha value is -4.34. The number of carboxylic acids is 2. The van der Waals surface area contributed by atoms with Gasteiger partial charge >= 0.3 is 18.0 Å². The lowest BCUT2D eigenvalue weighted by atomic mass is 9.91. The van der Waals surface area contributed by atoms with Crippen molar-refractivity contribution in [1.29, 1.82) is 0 Å². The Labute approximate surface area is 334 Å². The highest BCUT2D eigenvalue weighted by atomic mass is 32.1. The summed E-state index contributed by atoms with van der Waals surface area (Å²) in [6, 6.07) is 19.3. The van der Waals surface area contributed by atoms with Crippen LogP contribution in [0.15, 0.2) is 85.0 Å². The summed E-state index contributed by atoms with van der Waals surface area (Å²) in [5, 5.41) is 64.1. The average molecular weight is 799 g/mol. The molecule has 2 saturated carbocycles. The molecule has 2 fully saturated rings. The number of alkyl carbamates (subject to hydrolysis) is 1. The van der Waals surface area contributed by atoms with E-state index in [9.17, 15) is 34.8 Å². The van der Waals surface area contributed by atoms with Gasteiger partial charge in [-0.25, -0.2) is 4.79 Å². The number of carbonyl (C=O) groups excluding carboxylic acids is 1. The molecule has 0 aromatic heterocycles. The fourth-order valence-corrected chi connectivity index (χ4v) is 7.08. The van der Waals surface area contributed by atoms with E-state index < -0.39 is 42.4 Å². The predicted molar refractivity (Wildman–Crippen MR) is 214 cm³/mol. The molecule has 13 nitrogen and oxygen atoms in total. The molecule has 2 aliphatic rings. The van der Waals surface area contributed by atoms with Crippen LogP contribution in [0.3, 0.4) is 0 Å². The number of ether oxygens (including phenoxy) is 2. The first-order valence-electron chi connectivity index (χ1n) is 19.3. The van der Waals surface area contributed by atoms with Crippen LogP contribution in [0, 0.1) is 23.7 Å². The molecule has 8 N–H and O–H groups in total. The summed E-state index contributed by atoms with van der Waals surface area (Å²) in [5.74, 6) is -2.45. The number of carbonyl (C=O) groups is 3. The molecule has 0 unspecified atom stereocenters. The van der Waals surface area contributed by atoms with Crippen molar-refractivity contribution in [3.63, 3.8) is 0 Å². The molecule has 0 heterocycles. The van der Waals surface area contributed by atoms with E-state index in [1.54, 1.807) is 0 Å². The molecule has 0 saturated heterocycles. The van der Waals surface area contributed by atoms with Crippen LogP contribution in [0.1, 0.15) is 75.3 Å². The number of aliphatic hydroxyl groups is 4. The van der Waals surface area contributed by atoms with Gasteiger partial charge in [0.1, 0.15) is 0 Å². The number of amides is 1. The lowest BCUT2D eigenvalue weighted by Crippen LogP contribution is -2.31. The van der Waals surface area contributed by atoms with Gasteiger partial charge in [-0.3, -0.25) is 9.59 Å². The Morgan fingerprint density at radius 1 is 0.607 bits per heavy atom. The maximum absolute atomic E-state index is 11.9. The maximum Gasteiger partial charge on any atom is 0.407 e. The van der Waals surface area contributed by atoms with E-state index in [2.05, 4.69) is 10.6 Å². The van der Waals surface area contributed by atoms with Gasteiger partial charge < -0.3 is 50.7 Å². The Bertz CT molecular complexity index is 1410. The number of hydrogen-bond acceptors (Lipinski definition) is 10. The molecule has 2 aromatic carbocycles. The first-order chi connectivity index (χ1) is 26.9. The molecular formula is C42H58N2O11S. The topological polar surface area (TPSA) is 215 Å². The summed E-state index contributed by atoms with van der Waals surface area (Å²) < 4.78 is 10.9. The lowest BCUT2D eigenvalue weighted by molar-refractivity contribution is -0.138. The smallest absolute Gasteiger partial charge is 0.407 e. The van der Waals surface area contributed by atoms with Crippen LogP contribution in [-0.4, -0.2) is 91.5 Å². The van der Waals surface area contributed by atoms with Crippen molar-refractivity contribution >= 4 is 35.4 Å². The van der Waals surface area contributed by atoms with Gasteiger partial charge in [0.15, 0.2) is 0 Å². The summed E-state index contributed by atoms with van der Waals surface area (Å²) in [6.45, 7) is 1.21. The molecule has 8 atom stereocenters. The highest BCUT2D eigenvalue weighted by Crippen LogP contribution is 2.36. The Balaban J connectivity index is 0.000000300. The number of rotatable bonds is 20. The van der Waals surface area contributed by atoms with Gasteiger partial charge in [-0.15, -0.1) is 0 Å². The number of benzene rings is 2. The number of nitrogens with one attached hydrogen (secondary N) is 2. The number of aliphatic hydroxyl groups excluding tert-OH is 4. The summed E-state index contributed by atoms with van der Waals surface area (Å²) in [7, 11) is 0. The number of unbranched alkanes of at least 4 members (excludes halogenated alkanes) is 2. The number of hydrogen-bond donors (Lipinski definition) is 8. The molecule has 2 aromatic rings. The number of carboxylic acid groups (broad SMARTS) is 2. The molecule has 4 rings (SSSR count). The third kappa shape index (κ3) is 17.6. The van der Waals surface area contributed by atoms with Crippen LogP contribution in [0.25, 0.3) is 0 Å². The van der Waals surface area contributed by atoms with E-state index in [-0.39, 0.29) is 61.3 Å². The van der Waals surface area contributed by atoms with Crippen molar-refractivity contribution in [2.75, 3.05) is 13.2 Å². The Morgan fingerprint density at radius 2 is 1.02 bits per heavy atom. The van der Waals surface area contributed by atoms with Crippen LogP contribution in [0.4, 0.5) is 4.79 Å². The van der Waals surface area contributed by atoms with E-state index in [0.717, 1.165) is 11.1 Å². The van der Waals surface area contributed by atoms with Gasteiger partial charge in [-0.05, 0) is 86.5 Å². The maximum atomic E-state index is 11.9. The zero-order valence-corrected chi connectivity index (χ0v) is 32.6. The zero-order valence-electron chi connectivity index (χ0n) is 31.7. The van der Waals surface area contributed by atoms with Crippen molar-refractivity contribution < 1.29 is 54.5 Å². The third-order valence-electron chi connectivity index (χ3n) is 10.1. The molecule has 308 valence electrons. The molecule has 0 radical (unpaired) electrons. The van der Waals surface area contributed by atoms with Crippen molar-refractivity contribution in [3.8, 4) is 0 Å². The number of allylic oxidation sites excluding steroid dienone is 4. The lowest BCUT2D eigenvalue weighted by Gasteiger charge is -2.23. The first kappa shape index (κ1) is 46.0. The molecule has 56 heavy (non-hydrogen) atoms. The van der Waals surface area contributed by atoms with E-state index in [1.165, 1.54) is 0 Å². The molecule has 1 amide bonds. The largest absolute Gasteiger partial charge is 0.481 e. The van der Waals surface area contributed by atoms with Crippen molar-refractivity contribution in [1.82, 2.24) is 10.6 Å². The minimum absolute atomic E-state index is 0.0381. The van der Waals surface area contributed by atoms with Gasteiger partial charge in [0.05, 0.1) is 37.6 Å². The highest BCUT2D eigenvalue weighted by Gasteiger charge is 2.42. The second-order valence-electron chi connectivity index (χ2n) is 14.3. The van der Waals surface area contributed by atoms with Crippen LogP contribution >= 0.6 is 12.2 Å². The second kappa shape index (κ2) is 25.7. The molecular weight excluding hydrogens is 741 g/mol. The van der Waals surface area contributed by atoms with E-state index >= 15 is 0 Å². The predicted octanol–water partition coefficient (Wildman–Crippen LogP) is 5.11. The van der Waals surface area contributed by atoms with Crippen molar-refractivity contribution in [2.45, 2.75) is 102 Å². The average Bonchev–Trinajstić information content (AvgIpc) is 3.61. The van der Waals surface area contributed by atoms with Crippen LogP contribution in [-0.2, 0) is 32.2 Å². The van der Waals surface area contributed by atoms with E-state index in [1.807, 2.05) is 85.0 Å². The van der Waals surface area contributed by atoms with Gasteiger partial charge in [0, 0.05) is 37.8 Å². The fourth-order valence-electron chi connectivity index (χ4n) is 6.94. The van der Waals surface area contributed by atoms with Gasteiger partial charge in [0.2, 0.25) is 0 Å². The molecule has 2 aliphatic carbocycles. The molecule has 14 heteroatoms. The fraction of sp³-hybridized carbons (Fsp3) is 0.524. The number of aliphatic carboxylic acids is 2. The second-order valence-corrected chi connectivity index (χ2v) is 14.6. The summed E-state index contributed by atoms with van der Waals surface area (Å²) in [5.41, 5.74) is 2.05. The normalized spacial score (nSPS) is 24.4. The molecule has 0 spiro atoms. The van der Waals surface area contributed by atoms with Crippen LogP contribution < -0.4 is 10.6 Å². The third-order valence-corrected chi connectivity index (χ3v) is 10.4. The molecule has 0 bridgehead atoms. The minimum Gasteiger partial charge on any atom is -0.481 e. The van der Waals surface area contributed by atoms with E-state index in [0.29, 0.717) is 58.0 Å². The monoisotopic (exact) mass is 798 g/mol. The standard InChI is InChI=1S/C21H29NO6.C21H29NO5S/c23-18-12-19(24)17(16(18)10-6-1-2-7-11-20(25)26)14-28-21(27)22-13-15-8-4-3-5-9-15;23-18-12-19(24)17(16(18)10-6-1-2-7-11-20(25)26)14-27-21(28)22-13-15-8-4-3-5-9-15/h1,3-6,8-9,16-19,23-24H,2,7,10-14H2,(H,22,27)(H,25,26);1,3-6,8-9,16-19,23-24H,2,7,10-14H2,(H,22,28)(H,25,26)/b2*6-1-/t2*16-,17-,18+,19-/m11/s1. The van der Waals surface area contributed by atoms with Crippen molar-refractivity contribution in [2.24, 2.45) is 23.7 Å². The Kier molecular flexibility index (Phi) is 21.2.